The summed E-state index contributed by atoms with van der Waals surface area (Å²) in [5.74, 6) is -0.497. The zero-order chi connectivity index (χ0) is 28.5. The predicted molar refractivity (Wildman–Crippen MR) is 142 cm³/mol. The number of esters is 1. The van der Waals surface area contributed by atoms with E-state index in [1.807, 2.05) is 0 Å². The highest BCUT2D eigenvalue weighted by molar-refractivity contribution is 7.47. The molecule has 2 heterocycles. The highest BCUT2D eigenvalue weighted by atomic mass is 31.2. The van der Waals surface area contributed by atoms with Crippen molar-refractivity contribution in [3.63, 3.8) is 0 Å². The molecule has 3 aromatic carbocycles. The quantitative estimate of drug-likeness (QED) is 0.153. The lowest BCUT2D eigenvalue weighted by Gasteiger charge is -2.36. The Bertz CT molecular complexity index is 1470. The van der Waals surface area contributed by atoms with Crippen molar-refractivity contribution in [3.05, 3.63) is 82.4 Å². The molecule has 3 aromatic rings. The van der Waals surface area contributed by atoms with E-state index in [1.165, 1.54) is 24.3 Å². The maximum atomic E-state index is 13.1. The van der Waals surface area contributed by atoms with Crippen molar-refractivity contribution in [2.24, 2.45) is 0 Å². The molecule has 0 radical (unpaired) electrons. The lowest BCUT2D eigenvalue weighted by molar-refractivity contribution is 0.0224. The maximum absolute atomic E-state index is 13.1. The highest BCUT2D eigenvalue weighted by Gasteiger charge is 2.53. The lowest BCUT2D eigenvalue weighted by Crippen LogP contribution is -2.33. The number of unbranched alkanes of at least 4 members (excludes halogenated alkanes) is 3. The number of carbonyl (C=O) groups is 2. The van der Waals surface area contributed by atoms with Crippen molar-refractivity contribution in [1.82, 2.24) is 5.32 Å². The summed E-state index contributed by atoms with van der Waals surface area (Å²) in [7, 11) is -2.86. The molecule has 1 unspecified atom stereocenters. The Morgan fingerprint density at radius 3 is 2.23 bits per heavy atom. The summed E-state index contributed by atoms with van der Waals surface area (Å²) in [6, 6.07) is 13.7. The average Bonchev–Trinajstić information content (AvgIpc) is 3.21. The van der Waals surface area contributed by atoms with Gasteiger partial charge in [-0.2, -0.15) is 0 Å². The van der Waals surface area contributed by atoms with E-state index in [9.17, 15) is 29.3 Å². The minimum Gasteiger partial charge on any atom is -0.508 e. The number of rotatable bonds is 10. The van der Waals surface area contributed by atoms with Crippen LogP contribution >= 0.6 is 7.82 Å². The Kier molecular flexibility index (Phi) is 7.57. The Hall–Kier alpha value is -3.89. The first-order valence-corrected chi connectivity index (χ1v) is 14.2. The zero-order valence-electron chi connectivity index (χ0n) is 21.6. The molecule has 0 fully saturated rings. The van der Waals surface area contributed by atoms with Gasteiger partial charge in [-0.15, -0.1) is 0 Å². The molecule has 210 valence electrons. The van der Waals surface area contributed by atoms with Crippen LogP contribution in [0.25, 0.3) is 0 Å². The molecule has 0 saturated carbocycles. The molecule has 0 bridgehead atoms. The van der Waals surface area contributed by atoms with E-state index < -0.39 is 19.4 Å². The van der Waals surface area contributed by atoms with Crippen molar-refractivity contribution >= 4 is 19.7 Å². The van der Waals surface area contributed by atoms with E-state index in [1.54, 1.807) is 30.3 Å². The van der Waals surface area contributed by atoms with Crippen molar-refractivity contribution in [3.8, 4) is 23.0 Å². The molecule has 2 aliphatic heterocycles. The highest BCUT2D eigenvalue weighted by Crippen LogP contribution is 2.57. The van der Waals surface area contributed by atoms with Gasteiger partial charge >= 0.3 is 13.8 Å². The number of hydrogen-bond acceptors (Lipinski definition) is 9. The van der Waals surface area contributed by atoms with Crippen LogP contribution in [0.15, 0.2) is 54.6 Å². The van der Waals surface area contributed by atoms with Crippen LogP contribution < -0.4 is 10.1 Å². The van der Waals surface area contributed by atoms with E-state index in [-0.39, 0.29) is 35.5 Å². The summed E-state index contributed by atoms with van der Waals surface area (Å²) in [5.41, 5.74) is 0.566. The second-order valence-electron chi connectivity index (χ2n) is 9.45. The monoisotopic (exact) mass is 569 g/mol. The maximum Gasteiger partial charge on any atom is 0.471 e. The number of phenols is 2. The first-order valence-electron chi connectivity index (χ1n) is 12.7. The van der Waals surface area contributed by atoms with Gasteiger partial charge in [0.05, 0.1) is 12.2 Å². The number of phosphoric ester groups is 1. The summed E-state index contributed by atoms with van der Waals surface area (Å²) in [6.45, 7) is 0.508. The molecule has 1 spiro atoms. The summed E-state index contributed by atoms with van der Waals surface area (Å²) in [5, 5.41) is 23.0. The predicted octanol–water partition coefficient (Wildman–Crippen LogP) is 4.72. The Morgan fingerprint density at radius 1 is 0.925 bits per heavy atom. The van der Waals surface area contributed by atoms with Crippen LogP contribution in [0.5, 0.6) is 23.0 Å². The van der Waals surface area contributed by atoms with Crippen LogP contribution in [0.3, 0.4) is 0 Å². The molecule has 11 nitrogen and oxygen atoms in total. The van der Waals surface area contributed by atoms with E-state index >= 15 is 0 Å². The van der Waals surface area contributed by atoms with Gasteiger partial charge in [0, 0.05) is 48.0 Å². The molecule has 1 amide bonds. The minimum atomic E-state index is -3.96. The lowest BCUT2D eigenvalue weighted by atomic mass is 9.77. The van der Waals surface area contributed by atoms with Crippen LogP contribution in [0.1, 0.15) is 63.1 Å². The fraction of sp³-hybridized carbons (Fsp3) is 0.286. The molecular formula is C28H28NO10P. The summed E-state index contributed by atoms with van der Waals surface area (Å²) in [4.78, 5) is 35.3. The molecule has 0 aromatic heterocycles. The van der Waals surface area contributed by atoms with Crippen molar-refractivity contribution in [1.29, 1.82) is 0 Å². The number of ether oxygens (including phenoxy) is 2. The van der Waals surface area contributed by atoms with Gasteiger partial charge in [0.1, 0.15) is 23.0 Å². The van der Waals surface area contributed by atoms with Crippen LogP contribution in [0.4, 0.5) is 0 Å². The van der Waals surface area contributed by atoms with Crippen LogP contribution in [0.2, 0.25) is 0 Å². The van der Waals surface area contributed by atoms with E-state index in [0.717, 1.165) is 20.0 Å². The zero-order valence-corrected chi connectivity index (χ0v) is 22.5. The normalized spacial score (nSPS) is 15.8. The van der Waals surface area contributed by atoms with Gasteiger partial charge in [-0.3, -0.25) is 13.8 Å². The third kappa shape index (κ3) is 5.16. The second kappa shape index (κ2) is 10.9. The van der Waals surface area contributed by atoms with Gasteiger partial charge in [0.15, 0.2) is 5.60 Å². The van der Waals surface area contributed by atoms with Crippen LogP contribution in [-0.2, 0) is 24.0 Å². The Balaban J connectivity index is 1.34. The van der Waals surface area contributed by atoms with E-state index in [2.05, 4.69) is 9.84 Å². The third-order valence-corrected chi connectivity index (χ3v) is 7.85. The Labute approximate surface area is 229 Å². The average molecular weight is 570 g/mol. The number of amides is 1. The summed E-state index contributed by atoms with van der Waals surface area (Å²) in [6.07, 6.45) is 2.78. The van der Waals surface area contributed by atoms with Crippen LogP contribution in [-0.4, -0.2) is 47.2 Å². The summed E-state index contributed by atoms with van der Waals surface area (Å²) >= 11 is 0. The number of carbonyl (C=O) groups excluding carboxylic acids is 2. The fourth-order valence-electron chi connectivity index (χ4n) is 4.96. The Morgan fingerprint density at radius 2 is 1.57 bits per heavy atom. The van der Waals surface area contributed by atoms with Gasteiger partial charge in [-0.25, -0.2) is 9.36 Å². The van der Waals surface area contributed by atoms with E-state index in [0.29, 0.717) is 47.2 Å². The number of phenolic OH excluding ortho intramolecular Hbond substituents is 2. The summed E-state index contributed by atoms with van der Waals surface area (Å²) < 4.78 is 32.4. The standard InChI is InChI=1S/C28H28NO10P/c1-36-40(34,35)37-13-5-3-2-4-12-29-26(32)17-6-9-20-23(14-17)28(39-27(20)33)21-10-7-18(30)15-24(21)38-25-16-19(31)8-11-22(25)28/h6-11,14-16,30-31H,2-5,12-13H2,1H3,(H,29,32)(H,34,35). The first-order chi connectivity index (χ1) is 19.1. The molecule has 5 rings (SSSR count). The fourth-order valence-corrected chi connectivity index (χ4v) is 5.42. The van der Waals surface area contributed by atoms with Crippen molar-refractivity contribution < 1.29 is 47.8 Å². The van der Waals surface area contributed by atoms with Crippen molar-refractivity contribution in [2.75, 3.05) is 20.3 Å². The van der Waals surface area contributed by atoms with Gasteiger partial charge in [-0.1, -0.05) is 12.8 Å². The van der Waals surface area contributed by atoms with Gasteiger partial charge in [0.25, 0.3) is 5.91 Å². The van der Waals surface area contributed by atoms with Crippen LogP contribution in [0, 0.1) is 0 Å². The second-order valence-corrected chi connectivity index (χ2v) is 11.0. The largest absolute Gasteiger partial charge is 0.508 e. The van der Waals surface area contributed by atoms with Crippen molar-refractivity contribution in [2.45, 2.75) is 31.3 Å². The molecule has 1 atom stereocenters. The number of nitrogens with one attached hydrogen (secondary N) is 1. The van der Waals surface area contributed by atoms with Gasteiger partial charge in [0.2, 0.25) is 0 Å². The first kappa shape index (κ1) is 27.7. The number of aromatic hydroxyl groups is 2. The SMILES string of the molecule is COP(=O)(O)OCCCCCCNC(=O)c1ccc2c(c1)C1(OC2=O)c2ccc(O)cc2Oc2cc(O)ccc21. The number of hydrogen-bond donors (Lipinski definition) is 4. The molecule has 2 aliphatic rings. The molecule has 4 N–H and O–H groups in total. The van der Waals surface area contributed by atoms with Gasteiger partial charge < -0.3 is 29.9 Å². The molecule has 40 heavy (non-hydrogen) atoms. The molecule has 0 aliphatic carbocycles. The smallest absolute Gasteiger partial charge is 0.471 e. The number of phosphoric acid groups is 1. The molecular weight excluding hydrogens is 541 g/mol. The third-order valence-electron chi connectivity index (χ3n) is 6.88. The number of benzene rings is 3. The van der Waals surface area contributed by atoms with Gasteiger partial charge in [-0.05, 0) is 55.3 Å². The molecule has 12 heteroatoms. The molecule has 0 saturated heterocycles. The number of fused-ring (bicyclic) bond motifs is 6. The van der Waals surface area contributed by atoms with E-state index in [4.69, 9.17) is 14.0 Å². The minimum absolute atomic E-state index is 0.0499. The topological polar surface area (TPSA) is 161 Å².